The molecule has 1 atom stereocenters. The van der Waals surface area contributed by atoms with Crippen LogP contribution in [0.15, 0.2) is 78.9 Å². The van der Waals surface area contributed by atoms with Crippen molar-refractivity contribution in [1.29, 1.82) is 0 Å². The van der Waals surface area contributed by atoms with Gasteiger partial charge in [0.15, 0.2) is 0 Å². The van der Waals surface area contributed by atoms with E-state index in [4.69, 9.17) is 10.5 Å². The number of benzene rings is 3. The first-order valence-corrected chi connectivity index (χ1v) is 9.15. The number of hydrogen-bond acceptors (Lipinski definition) is 4. The highest BCUT2D eigenvalue weighted by Gasteiger charge is 2.20. The number of carbonyl (C=O) groups excluding carboxylic acids is 2. The third kappa shape index (κ3) is 5.27. The SMILES string of the molecule is NCC(C(=O)Nc1ccc(F)c(C(=O)OCc2ccccc2)c1)c1ccccc1. The molecule has 3 aromatic carbocycles. The van der Waals surface area contributed by atoms with Crippen molar-refractivity contribution in [3.8, 4) is 0 Å². The van der Waals surface area contributed by atoms with E-state index in [9.17, 15) is 14.0 Å². The maximum atomic E-state index is 14.1. The lowest BCUT2D eigenvalue weighted by atomic mass is 9.98. The summed E-state index contributed by atoms with van der Waals surface area (Å²) < 4.78 is 19.3. The Morgan fingerprint density at radius 1 is 0.966 bits per heavy atom. The van der Waals surface area contributed by atoms with E-state index in [1.54, 1.807) is 12.1 Å². The van der Waals surface area contributed by atoms with Gasteiger partial charge in [0.2, 0.25) is 5.91 Å². The molecule has 3 N–H and O–H groups in total. The molecule has 0 spiro atoms. The molecule has 0 aliphatic carbocycles. The number of ether oxygens (including phenoxy) is 1. The Bertz CT molecular complexity index is 978. The third-order valence-electron chi connectivity index (χ3n) is 4.42. The molecule has 0 radical (unpaired) electrons. The van der Waals surface area contributed by atoms with Crippen LogP contribution in [-0.4, -0.2) is 18.4 Å². The number of nitrogens with two attached hydrogens (primary N) is 1. The lowest BCUT2D eigenvalue weighted by Gasteiger charge is -2.16. The fraction of sp³-hybridized carbons (Fsp3) is 0.130. The summed E-state index contributed by atoms with van der Waals surface area (Å²) in [5, 5.41) is 2.69. The molecule has 29 heavy (non-hydrogen) atoms. The quantitative estimate of drug-likeness (QED) is 0.598. The highest BCUT2D eigenvalue weighted by molar-refractivity contribution is 5.98. The molecule has 1 unspecified atom stereocenters. The summed E-state index contributed by atoms with van der Waals surface area (Å²) in [6.45, 7) is 0.141. The van der Waals surface area contributed by atoms with Gasteiger partial charge >= 0.3 is 5.97 Å². The first-order chi connectivity index (χ1) is 14.1. The molecule has 0 aromatic heterocycles. The molecule has 0 fully saturated rings. The topological polar surface area (TPSA) is 81.4 Å². The molecule has 1 amide bonds. The highest BCUT2D eigenvalue weighted by atomic mass is 19.1. The van der Waals surface area contributed by atoms with Crippen LogP contribution in [0.1, 0.15) is 27.4 Å². The summed E-state index contributed by atoms with van der Waals surface area (Å²) in [4.78, 5) is 24.9. The molecule has 3 aromatic rings. The molecule has 148 valence electrons. The Morgan fingerprint density at radius 2 is 1.62 bits per heavy atom. The number of anilines is 1. The van der Waals surface area contributed by atoms with Gasteiger partial charge in [-0.3, -0.25) is 4.79 Å². The predicted molar refractivity (Wildman–Crippen MR) is 109 cm³/mol. The molecule has 0 bridgehead atoms. The summed E-state index contributed by atoms with van der Waals surface area (Å²) in [7, 11) is 0. The van der Waals surface area contributed by atoms with Crippen molar-refractivity contribution < 1.29 is 18.7 Å². The molecular formula is C23H21FN2O3. The summed E-state index contributed by atoms with van der Waals surface area (Å²) in [6.07, 6.45) is 0. The Labute approximate surface area is 168 Å². The third-order valence-corrected chi connectivity index (χ3v) is 4.42. The van der Waals surface area contributed by atoms with Crippen LogP contribution in [0.2, 0.25) is 0 Å². The van der Waals surface area contributed by atoms with Crippen molar-refractivity contribution in [2.45, 2.75) is 12.5 Å². The van der Waals surface area contributed by atoms with Gasteiger partial charge in [0.05, 0.1) is 11.5 Å². The number of carbonyl (C=O) groups is 2. The van der Waals surface area contributed by atoms with Gasteiger partial charge in [0.25, 0.3) is 0 Å². The lowest BCUT2D eigenvalue weighted by molar-refractivity contribution is -0.117. The van der Waals surface area contributed by atoms with Crippen LogP contribution in [0, 0.1) is 5.82 Å². The van der Waals surface area contributed by atoms with E-state index in [0.717, 1.165) is 17.2 Å². The van der Waals surface area contributed by atoms with Crippen molar-refractivity contribution in [2.24, 2.45) is 5.73 Å². The van der Waals surface area contributed by atoms with E-state index in [2.05, 4.69) is 5.32 Å². The van der Waals surface area contributed by atoms with E-state index in [1.807, 2.05) is 48.5 Å². The first kappa shape index (κ1) is 20.2. The molecule has 3 rings (SSSR count). The second-order valence-electron chi connectivity index (χ2n) is 6.44. The van der Waals surface area contributed by atoms with Crippen LogP contribution in [0.25, 0.3) is 0 Å². The zero-order valence-electron chi connectivity index (χ0n) is 15.7. The van der Waals surface area contributed by atoms with E-state index in [0.29, 0.717) is 0 Å². The normalized spacial score (nSPS) is 11.5. The minimum Gasteiger partial charge on any atom is -0.457 e. The van der Waals surface area contributed by atoms with E-state index >= 15 is 0 Å². The van der Waals surface area contributed by atoms with Crippen molar-refractivity contribution in [2.75, 3.05) is 11.9 Å². The molecular weight excluding hydrogens is 371 g/mol. The van der Waals surface area contributed by atoms with Crippen LogP contribution in [0.3, 0.4) is 0 Å². The largest absolute Gasteiger partial charge is 0.457 e. The fourth-order valence-corrected chi connectivity index (χ4v) is 2.87. The number of rotatable bonds is 7. The summed E-state index contributed by atoms with van der Waals surface area (Å²) in [5.74, 6) is -2.43. The maximum absolute atomic E-state index is 14.1. The minimum absolute atomic E-state index is 0.0267. The number of hydrogen-bond donors (Lipinski definition) is 2. The first-order valence-electron chi connectivity index (χ1n) is 9.15. The Hall–Kier alpha value is -3.51. The Kier molecular flexibility index (Phi) is 6.71. The molecule has 0 saturated carbocycles. The second kappa shape index (κ2) is 9.61. The van der Waals surface area contributed by atoms with Crippen molar-refractivity contribution >= 4 is 17.6 Å². The van der Waals surface area contributed by atoms with E-state index in [1.165, 1.54) is 12.1 Å². The lowest BCUT2D eigenvalue weighted by Crippen LogP contribution is -2.27. The van der Waals surface area contributed by atoms with E-state index < -0.39 is 17.7 Å². The van der Waals surface area contributed by atoms with Crippen LogP contribution in [0.4, 0.5) is 10.1 Å². The van der Waals surface area contributed by atoms with Gasteiger partial charge in [0, 0.05) is 12.2 Å². The van der Waals surface area contributed by atoms with E-state index in [-0.39, 0.29) is 30.3 Å². The van der Waals surface area contributed by atoms with Gasteiger partial charge in [-0.05, 0) is 29.3 Å². The summed E-state index contributed by atoms with van der Waals surface area (Å²) >= 11 is 0. The molecule has 5 nitrogen and oxygen atoms in total. The molecule has 0 saturated heterocycles. The van der Waals surface area contributed by atoms with Gasteiger partial charge < -0.3 is 15.8 Å². The molecule has 6 heteroatoms. The Balaban J connectivity index is 1.71. The zero-order chi connectivity index (χ0) is 20.6. The number of halogens is 1. The van der Waals surface area contributed by atoms with Crippen LogP contribution < -0.4 is 11.1 Å². The number of nitrogens with one attached hydrogen (secondary N) is 1. The zero-order valence-corrected chi connectivity index (χ0v) is 15.7. The summed E-state index contributed by atoms with van der Waals surface area (Å²) in [5.41, 5.74) is 7.37. The van der Waals surface area contributed by atoms with Crippen LogP contribution >= 0.6 is 0 Å². The van der Waals surface area contributed by atoms with Gasteiger partial charge in [-0.15, -0.1) is 0 Å². The van der Waals surface area contributed by atoms with Crippen molar-refractivity contribution in [1.82, 2.24) is 0 Å². The van der Waals surface area contributed by atoms with Crippen molar-refractivity contribution in [3.05, 3.63) is 101 Å². The minimum atomic E-state index is -0.805. The Morgan fingerprint density at radius 3 is 2.28 bits per heavy atom. The van der Waals surface area contributed by atoms with Crippen molar-refractivity contribution in [3.63, 3.8) is 0 Å². The molecule has 0 aliphatic heterocycles. The van der Waals surface area contributed by atoms with Gasteiger partial charge in [-0.25, -0.2) is 9.18 Å². The predicted octanol–water partition coefficient (Wildman–Crippen LogP) is 3.86. The monoisotopic (exact) mass is 392 g/mol. The second-order valence-corrected chi connectivity index (χ2v) is 6.44. The number of esters is 1. The maximum Gasteiger partial charge on any atom is 0.341 e. The van der Waals surface area contributed by atoms with Crippen LogP contribution in [0.5, 0.6) is 0 Å². The number of amides is 1. The average molecular weight is 392 g/mol. The van der Waals surface area contributed by atoms with Gasteiger partial charge in [0.1, 0.15) is 12.4 Å². The summed E-state index contributed by atoms with van der Waals surface area (Å²) in [6, 6.07) is 22.0. The van der Waals surface area contributed by atoms with Gasteiger partial charge in [-0.1, -0.05) is 60.7 Å². The smallest absolute Gasteiger partial charge is 0.341 e. The standard InChI is InChI=1S/C23H21FN2O3/c24-21-12-11-18(26-22(27)20(14-25)17-9-5-2-6-10-17)13-19(21)23(28)29-15-16-7-3-1-4-8-16/h1-13,20H,14-15,25H2,(H,26,27). The average Bonchev–Trinajstić information content (AvgIpc) is 2.75. The van der Waals surface area contributed by atoms with Crippen LogP contribution in [-0.2, 0) is 16.1 Å². The molecule has 0 aliphatic rings. The highest BCUT2D eigenvalue weighted by Crippen LogP contribution is 2.20. The molecule has 0 heterocycles. The fourth-order valence-electron chi connectivity index (χ4n) is 2.87. The van der Waals surface area contributed by atoms with Gasteiger partial charge in [-0.2, -0.15) is 0 Å².